The second kappa shape index (κ2) is 7.16. The van der Waals surface area contributed by atoms with Gasteiger partial charge in [0.1, 0.15) is 0 Å². The molecule has 0 heterocycles. The zero-order chi connectivity index (χ0) is 17.0. The summed E-state index contributed by atoms with van der Waals surface area (Å²) in [7, 11) is -3.59. The lowest BCUT2D eigenvalue weighted by atomic mass is 9.91. The predicted molar refractivity (Wildman–Crippen MR) is 94.4 cm³/mol. The number of hydrogen-bond donors (Lipinski definition) is 0. The highest BCUT2D eigenvalue weighted by Crippen LogP contribution is 2.25. The van der Waals surface area contributed by atoms with Crippen molar-refractivity contribution < 1.29 is 8.42 Å². The number of sulfonamides is 1. The smallest absolute Gasteiger partial charge is 0.207 e. The van der Waals surface area contributed by atoms with Gasteiger partial charge in [0.25, 0.3) is 0 Å². The maximum atomic E-state index is 12.9. The summed E-state index contributed by atoms with van der Waals surface area (Å²) in [6.07, 6.45) is 10.6. The summed E-state index contributed by atoms with van der Waals surface area (Å²) < 4.78 is 27.1. The fourth-order valence-electron chi connectivity index (χ4n) is 2.68. The van der Waals surface area contributed by atoms with E-state index in [1.807, 2.05) is 6.92 Å². The van der Waals surface area contributed by atoms with Crippen LogP contribution in [-0.2, 0) is 10.0 Å². The molecule has 0 N–H and O–H groups in total. The first-order valence-corrected chi connectivity index (χ1v) is 9.15. The van der Waals surface area contributed by atoms with E-state index >= 15 is 0 Å². The Kier molecular flexibility index (Phi) is 5.46. The largest absolute Gasteiger partial charge is 0.244 e. The van der Waals surface area contributed by atoms with E-state index < -0.39 is 10.0 Å². The number of terminal acetylenes is 1. The molecule has 23 heavy (non-hydrogen) atoms. The second-order valence-corrected chi connectivity index (χ2v) is 8.01. The van der Waals surface area contributed by atoms with Gasteiger partial charge in [-0.3, -0.25) is 0 Å². The molecule has 3 nitrogen and oxygen atoms in total. The van der Waals surface area contributed by atoms with Crippen LogP contribution in [0.1, 0.15) is 25.8 Å². The number of rotatable bonds is 5. The van der Waals surface area contributed by atoms with Crippen LogP contribution in [0.3, 0.4) is 0 Å². The van der Waals surface area contributed by atoms with Gasteiger partial charge >= 0.3 is 0 Å². The van der Waals surface area contributed by atoms with Gasteiger partial charge in [0.2, 0.25) is 10.0 Å². The van der Waals surface area contributed by atoms with Crippen LogP contribution in [0.15, 0.2) is 52.5 Å². The van der Waals surface area contributed by atoms with Crippen molar-refractivity contribution in [2.24, 2.45) is 5.92 Å². The highest BCUT2D eigenvalue weighted by Gasteiger charge is 2.26. The summed E-state index contributed by atoms with van der Waals surface area (Å²) in [5.41, 5.74) is 3.43. The van der Waals surface area contributed by atoms with Gasteiger partial charge in [-0.15, -0.1) is 6.42 Å². The van der Waals surface area contributed by atoms with E-state index in [-0.39, 0.29) is 17.4 Å². The minimum atomic E-state index is -3.59. The highest BCUT2D eigenvalue weighted by molar-refractivity contribution is 7.89. The maximum absolute atomic E-state index is 12.9. The van der Waals surface area contributed by atoms with Gasteiger partial charge in [-0.2, -0.15) is 4.31 Å². The van der Waals surface area contributed by atoms with Crippen molar-refractivity contribution in [2.45, 2.75) is 32.1 Å². The van der Waals surface area contributed by atoms with Gasteiger partial charge in [-0.25, -0.2) is 8.42 Å². The van der Waals surface area contributed by atoms with Crippen LogP contribution < -0.4 is 0 Å². The standard InChI is InChI=1S/C19H23NO2S/c1-5-12-20(14-18-9-6-16(3)13-17(18)4)23(21,22)19-10-7-15(2)8-11-19/h1,7-11,13,17H,6,12,14H2,2-4H3. The first-order chi connectivity index (χ1) is 10.8. The average molecular weight is 329 g/mol. The Hall–Kier alpha value is -1.83. The second-order valence-electron chi connectivity index (χ2n) is 6.08. The molecule has 0 radical (unpaired) electrons. The van der Waals surface area contributed by atoms with E-state index in [2.05, 4.69) is 31.9 Å². The molecule has 0 saturated heterocycles. The minimum absolute atomic E-state index is 0.0724. The van der Waals surface area contributed by atoms with E-state index in [9.17, 15) is 8.42 Å². The number of aryl methyl sites for hydroxylation is 1. The lowest BCUT2D eigenvalue weighted by molar-refractivity contribution is 0.461. The average Bonchev–Trinajstić information content (AvgIpc) is 2.49. The van der Waals surface area contributed by atoms with E-state index in [1.165, 1.54) is 9.88 Å². The Morgan fingerprint density at radius 2 is 1.91 bits per heavy atom. The topological polar surface area (TPSA) is 37.4 Å². The zero-order valence-electron chi connectivity index (χ0n) is 13.9. The van der Waals surface area contributed by atoms with E-state index in [0.29, 0.717) is 6.54 Å². The van der Waals surface area contributed by atoms with Gasteiger partial charge in [-0.1, -0.05) is 53.8 Å². The lowest BCUT2D eigenvalue weighted by Gasteiger charge is -2.25. The summed E-state index contributed by atoms with van der Waals surface area (Å²) in [4.78, 5) is 0.286. The molecule has 2 rings (SSSR count). The molecule has 0 fully saturated rings. The predicted octanol–water partition coefficient (Wildman–Crippen LogP) is 3.53. The number of benzene rings is 1. The van der Waals surface area contributed by atoms with Gasteiger partial charge in [-0.05, 0) is 38.3 Å². The Morgan fingerprint density at radius 1 is 1.26 bits per heavy atom. The molecule has 0 amide bonds. The fourth-order valence-corrected chi connectivity index (χ4v) is 4.02. The van der Waals surface area contributed by atoms with Crippen molar-refractivity contribution in [3.05, 3.63) is 53.1 Å². The first-order valence-electron chi connectivity index (χ1n) is 7.71. The van der Waals surface area contributed by atoms with Crippen LogP contribution in [0, 0.1) is 25.2 Å². The Bertz CT molecular complexity index is 765. The number of allylic oxidation sites excluding steroid dienone is 3. The molecule has 0 spiro atoms. The molecular weight excluding hydrogens is 306 g/mol. The SMILES string of the molecule is C#CCN(CC1=CCC(C)=CC1C)S(=O)(=O)c1ccc(C)cc1. The van der Waals surface area contributed by atoms with Crippen molar-refractivity contribution >= 4 is 10.0 Å². The van der Waals surface area contributed by atoms with Crippen LogP contribution in [0.5, 0.6) is 0 Å². The van der Waals surface area contributed by atoms with Crippen molar-refractivity contribution in [3.8, 4) is 12.3 Å². The van der Waals surface area contributed by atoms with Crippen LogP contribution in [0.2, 0.25) is 0 Å². The van der Waals surface area contributed by atoms with Gasteiger partial charge < -0.3 is 0 Å². The lowest BCUT2D eigenvalue weighted by Crippen LogP contribution is -2.34. The molecule has 0 bridgehead atoms. The summed E-state index contributed by atoms with van der Waals surface area (Å²) in [6.45, 7) is 6.51. The molecule has 1 aromatic carbocycles. The van der Waals surface area contributed by atoms with Gasteiger partial charge in [0.15, 0.2) is 0 Å². The molecule has 0 saturated carbocycles. The first kappa shape index (κ1) is 17.5. The Labute approximate surface area is 139 Å². The van der Waals surface area contributed by atoms with Crippen molar-refractivity contribution in [2.75, 3.05) is 13.1 Å². The molecule has 1 unspecified atom stereocenters. The van der Waals surface area contributed by atoms with E-state index in [0.717, 1.165) is 17.6 Å². The van der Waals surface area contributed by atoms with Crippen molar-refractivity contribution in [3.63, 3.8) is 0 Å². The van der Waals surface area contributed by atoms with Crippen molar-refractivity contribution in [1.29, 1.82) is 0 Å². The third-order valence-electron chi connectivity index (χ3n) is 4.09. The summed E-state index contributed by atoms with van der Waals surface area (Å²) in [5, 5.41) is 0. The van der Waals surface area contributed by atoms with Crippen LogP contribution in [0.25, 0.3) is 0 Å². The highest BCUT2D eigenvalue weighted by atomic mass is 32.2. The molecule has 1 aliphatic rings. The summed E-state index contributed by atoms with van der Waals surface area (Å²) >= 11 is 0. The third kappa shape index (κ3) is 4.13. The summed E-state index contributed by atoms with van der Waals surface area (Å²) in [6, 6.07) is 6.87. The monoisotopic (exact) mass is 329 g/mol. The zero-order valence-corrected chi connectivity index (χ0v) is 14.7. The molecule has 0 aliphatic heterocycles. The minimum Gasteiger partial charge on any atom is -0.207 e. The molecule has 1 atom stereocenters. The molecule has 122 valence electrons. The molecule has 1 aromatic rings. The molecule has 0 aromatic heterocycles. The van der Waals surface area contributed by atoms with Crippen LogP contribution >= 0.6 is 0 Å². The number of hydrogen-bond acceptors (Lipinski definition) is 2. The Morgan fingerprint density at radius 3 is 2.48 bits per heavy atom. The van der Waals surface area contributed by atoms with Crippen molar-refractivity contribution in [1.82, 2.24) is 4.31 Å². The summed E-state index contributed by atoms with van der Waals surface area (Å²) in [5.74, 6) is 2.71. The van der Waals surface area contributed by atoms with Gasteiger partial charge in [0.05, 0.1) is 11.4 Å². The Balaban J connectivity index is 2.28. The van der Waals surface area contributed by atoms with E-state index in [4.69, 9.17) is 6.42 Å². The number of nitrogens with zero attached hydrogens (tertiary/aromatic N) is 1. The van der Waals surface area contributed by atoms with E-state index in [1.54, 1.807) is 24.3 Å². The van der Waals surface area contributed by atoms with Crippen LogP contribution in [0.4, 0.5) is 0 Å². The quantitative estimate of drug-likeness (QED) is 0.612. The normalized spacial score (nSPS) is 18.3. The fraction of sp³-hybridized carbons (Fsp3) is 0.368. The molecular formula is C19H23NO2S. The molecule has 4 heteroatoms. The maximum Gasteiger partial charge on any atom is 0.244 e. The van der Waals surface area contributed by atoms with Gasteiger partial charge in [0, 0.05) is 6.54 Å². The van der Waals surface area contributed by atoms with Crippen LogP contribution in [-0.4, -0.2) is 25.8 Å². The third-order valence-corrected chi connectivity index (χ3v) is 5.90. The molecule has 1 aliphatic carbocycles.